The van der Waals surface area contributed by atoms with Crippen LogP contribution >= 0.6 is 23.2 Å². The number of nitrogens with one attached hydrogen (secondary N) is 1. The average Bonchev–Trinajstić information content (AvgIpc) is 2.74. The highest BCUT2D eigenvalue weighted by molar-refractivity contribution is 6.30. The van der Waals surface area contributed by atoms with Crippen LogP contribution in [-0.4, -0.2) is 35.8 Å². The lowest BCUT2D eigenvalue weighted by molar-refractivity contribution is -0.139. The third kappa shape index (κ3) is 4.95. The first-order valence-electron chi connectivity index (χ1n) is 10.8. The summed E-state index contributed by atoms with van der Waals surface area (Å²) in [5, 5.41) is 4.14. The Hall–Kier alpha value is -2.08. The van der Waals surface area contributed by atoms with Crippen LogP contribution in [0.5, 0.6) is 0 Å². The summed E-state index contributed by atoms with van der Waals surface area (Å²) in [4.78, 5) is 28.0. The Morgan fingerprint density at radius 3 is 2.03 bits per heavy atom. The van der Waals surface area contributed by atoms with E-state index in [-0.39, 0.29) is 23.1 Å². The van der Waals surface area contributed by atoms with Crippen LogP contribution in [0.1, 0.15) is 50.0 Å². The van der Waals surface area contributed by atoms with Crippen LogP contribution in [0.4, 0.5) is 0 Å². The van der Waals surface area contributed by atoms with Crippen LogP contribution in [0.3, 0.4) is 0 Å². The van der Waals surface area contributed by atoms with Gasteiger partial charge in [-0.05, 0) is 54.3 Å². The van der Waals surface area contributed by atoms with Crippen LogP contribution in [0, 0.1) is 11.3 Å². The lowest BCUT2D eigenvalue weighted by Gasteiger charge is -2.52. The minimum atomic E-state index is -0.630. The number of hydrogen-bond acceptors (Lipinski definition) is 3. The molecule has 3 N–H and O–H groups in total. The van der Waals surface area contributed by atoms with Crippen molar-refractivity contribution in [3.8, 4) is 0 Å². The SMILES string of the molecule is CC(C)C(NC(=O)c1ccc(Cl)cc1)C(=O)N1CC[C@@](N)(c2ccc(Cl)cc2)C(C)(C)C1. The molecule has 1 fully saturated rings. The Balaban J connectivity index is 1.76. The first kappa shape index (κ1) is 24.6. The highest BCUT2D eigenvalue weighted by Gasteiger charge is 2.49. The summed E-state index contributed by atoms with van der Waals surface area (Å²) >= 11 is 12.0. The van der Waals surface area contributed by atoms with Crippen molar-refractivity contribution in [2.75, 3.05) is 13.1 Å². The van der Waals surface area contributed by atoms with Gasteiger partial charge in [0, 0.05) is 39.7 Å². The number of rotatable bonds is 5. The van der Waals surface area contributed by atoms with Crippen molar-refractivity contribution < 1.29 is 9.59 Å². The number of piperidine rings is 1. The first-order valence-corrected chi connectivity index (χ1v) is 11.6. The Morgan fingerprint density at radius 2 is 1.53 bits per heavy atom. The van der Waals surface area contributed by atoms with Gasteiger partial charge in [-0.15, -0.1) is 0 Å². The van der Waals surface area contributed by atoms with Crippen LogP contribution in [0.15, 0.2) is 48.5 Å². The van der Waals surface area contributed by atoms with Gasteiger partial charge in [0.15, 0.2) is 0 Å². The van der Waals surface area contributed by atoms with Crippen molar-refractivity contribution in [3.63, 3.8) is 0 Å². The van der Waals surface area contributed by atoms with Crippen molar-refractivity contribution >= 4 is 35.0 Å². The Labute approximate surface area is 200 Å². The zero-order valence-electron chi connectivity index (χ0n) is 19.0. The number of halogens is 2. The Kier molecular flexibility index (Phi) is 7.23. The molecule has 1 heterocycles. The highest BCUT2D eigenvalue weighted by atomic mass is 35.5. The second-order valence-corrected chi connectivity index (χ2v) is 10.4. The van der Waals surface area contributed by atoms with Crippen molar-refractivity contribution in [3.05, 3.63) is 69.7 Å². The molecule has 172 valence electrons. The highest BCUT2D eigenvalue weighted by Crippen LogP contribution is 2.44. The summed E-state index contributed by atoms with van der Waals surface area (Å²) in [5.41, 5.74) is 7.42. The number of nitrogens with zero attached hydrogens (tertiary/aromatic N) is 1. The minimum Gasteiger partial charge on any atom is -0.340 e. The second-order valence-electron chi connectivity index (χ2n) is 9.57. The maximum Gasteiger partial charge on any atom is 0.251 e. The summed E-state index contributed by atoms with van der Waals surface area (Å²) in [6, 6.07) is 13.6. The molecule has 5 nitrogen and oxygen atoms in total. The summed E-state index contributed by atoms with van der Waals surface area (Å²) in [6.07, 6.45) is 0.614. The van der Waals surface area contributed by atoms with E-state index in [0.29, 0.717) is 35.1 Å². The number of carbonyl (C=O) groups excluding carboxylic acids is 2. The van der Waals surface area contributed by atoms with Gasteiger partial charge in [-0.25, -0.2) is 0 Å². The fourth-order valence-corrected chi connectivity index (χ4v) is 4.61. The molecular formula is C25H31Cl2N3O2. The van der Waals surface area contributed by atoms with E-state index in [1.165, 1.54) is 0 Å². The molecule has 1 aliphatic heterocycles. The summed E-state index contributed by atoms with van der Waals surface area (Å²) in [5.74, 6) is -0.449. The molecule has 1 saturated heterocycles. The van der Waals surface area contributed by atoms with Crippen LogP contribution in [-0.2, 0) is 10.3 Å². The third-order valence-corrected chi connectivity index (χ3v) is 7.07. The predicted octanol–water partition coefficient (Wildman–Crippen LogP) is 4.86. The molecule has 0 radical (unpaired) electrons. The fourth-order valence-electron chi connectivity index (χ4n) is 4.35. The normalized spacial score (nSPS) is 21.3. The van der Waals surface area contributed by atoms with Gasteiger partial charge in [0.1, 0.15) is 6.04 Å². The first-order chi connectivity index (χ1) is 14.9. The average molecular weight is 476 g/mol. The number of amides is 2. The van der Waals surface area contributed by atoms with Crippen molar-refractivity contribution in [1.29, 1.82) is 0 Å². The maximum atomic E-state index is 13.5. The lowest BCUT2D eigenvalue weighted by atomic mass is 9.64. The van der Waals surface area contributed by atoms with Gasteiger partial charge in [0.05, 0.1) is 0 Å². The van der Waals surface area contributed by atoms with Crippen LogP contribution in [0.25, 0.3) is 0 Å². The largest absolute Gasteiger partial charge is 0.340 e. The molecule has 3 rings (SSSR count). The van der Waals surface area contributed by atoms with E-state index in [9.17, 15) is 9.59 Å². The molecule has 0 saturated carbocycles. The molecule has 1 aliphatic rings. The minimum absolute atomic E-state index is 0.0670. The van der Waals surface area contributed by atoms with Gasteiger partial charge in [-0.1, -0.05) is 63.0 Å². The van der Waals surface area contributed by atoms with Crippen molar-refractivity contribution in [2.24, 2.45) is 17.1 Å². The van der Waals surface area contributed by atoms with Crippen LogP contribution < -0.4 is 11.1 Å². The van der Waals surface area contributed by atoms with E-state index in [0.717, 1.165) is 5.56 Å². The van der Waals surface area contributed by atoms with E-state index in [2.05, 4.69) is 19.2 Å². The number of nitrogens with two attached hydrogens (primary N) is 1. The molecule has 0 aliphatic carbocycles. The zero-order chi connectivity index (χ0) is 23.7. The number of carbonyl (C=O) groups is 2. The van der Waals surface area contributed by atoms with Gasteiger partial charge in [0.25, 0.3) is 5.91 Å². The molecule has 0 spiro atoms. The second kappa shape index (κ2) is 9.42. The fraction of sp³-hybridized carbons (Fsp3) is 0.440. The smallest absolute Gasteiger partial charge is 0.251 e. The molecule has 0 bridgehead atoms. The molecule has 0 aromatic heterocycles. The maximum absolute atomic E-state index is 13.5. The summed E-state index contributed by atoms with van der Waals surface area (Å²) in [7, 11) is 0. The topological polar surface area (TPSA) is 75.4 Å². The lowest BCUT2D eigenvalue weighted by Crippen LogP contribution is -2.63. The van der Waals surface area contributed by atoms with E-state index in [4.69, 9.17) is 28.9 Å². The quantitative estimate of drug-likeness (QED) is 0.647. The standard InChI is InChI=1S/C25H31Cl2N3O2/c1-16(2)21(29-22(31)17-5-9-19(26)10-6-17)23(32)30-14-13-25(28,24(3,4)15-30)18-7-11-20(27)12-8-18/h5-12,16,21H,13-15,28H2,1-4H3,(H,29,31)/t21?,25-/m1/s1. The molecule has 2 aromatic rings. The Morgan fingerprint density at radius 1 is 1.00 bits per heavy atom. The molecular weight excluding hydrogens is 445 g/mol. The summed E-state index contributed by atoms with van der Waals surface area (Å²) in [6.45, 7) is 9.03. The zero-order valence-corrected chi connectivity index (χ0v) is 20.5. The molecule has 2 aromatic carbocycles. The van der Waals surface area contributed by atoms with E-state index in [1.807, 2.05) is 43.0 Å². The molecule has 7 heteroatoms. The number of benzene rings is 2. The van der Waals surface area contributed by atoms with Gasteiger partial charge >= 0.3 is 0 Å². The Bertz CT molecular complexity index is 974. The van der Waals surface area contributed by atoms with Gasteiger partial charge in [-0.2, -0.15) is 0 Å². The molecule has 1 unspecified atom stereocenters. The molecule has 32 heavy (non-hydrogen) atoms. The van der Waals surface area contributed by atoms with Gasteiger partial charge < -0.3 is 16.0 Å². The van der Waals surface area contributed by atoms with Gasteiger partial charge in [0.2, 0.25) is 5.91 Å². The number of likely N-dealkylation sites (tertiary alicyclic amines) is 1. The van der Waals surface area contributed by atoms with Crippen molar-refractivity contribution in [2.45, 2.75) is 45.7 Å². The number of hydrogen-bond donors (Lipinski definition) is 2. The monoisotopic (exact) mass is 475 g/mol. The molecule has 2 atom stereocenters. The predicted molar refractivity (Wildman–Crippen MR) is 130 cm³/mol. The molecule has 2 amide bonds. The third-order valence-electron chi connectivity index (χ3n) is 6.57. The van der Waals surface area contributed by atoms with E-state index < -0.39 is 11.6 Å². The van der Waals surface area contributed by atoms with E-state index in [1.54, 1.807) is 24.3 Å². The summed E-state index contributed by atoms with van der Waals surface area (Å²) < 4.78 is 0. The van der Waals surface area contributed by atoms with Crippen molar-refractivity contribution in [1.82, 2.24) is 10.2 Å². The van der Waals surface area contributed by atoms with Crippen LogP contribution in [0.2, 0.25) is 10.0 Å². The van der Waals surface area contributed by atoms with E-state index >= 15 is 0 Å². The van der Waals surface area contributed by atoms with Gasteiger partial charge in [-0.3, -0.25) is 9.59 Å².